The van der Waals surface area contributed by atoms with E-state index < -0.39 is 5.97 Å². The maximum absolute atomic E-state index is 11.5. The zero-order valence-electron chi connectivity index (χ0n) is 15.7. The van der Waals surface area contributed by atoms with Gasteiger partial charge in [0.05, 0.1) is 6.61 Å². The van der Waals surface area contributed by atoms with Gasteiger partial charge in [-0.25, -0.2) is 0 Å². The van der Waals surface area contributed by atoms with E-state index in [1.54, 1.807) is 0 Å². The van der Waals surface area contributed by atoms with E-state index in [1.807, 2.05) is 0 Å². The molecule has 0 fully saturated rings. The molecule has 0 aromatic heterocycles. The lowest BCUT2D eigenvalue weighted by Gasteiger charge is -2.05. The summed E-state index contributed by atoms with van der Waals surface area (Å²) in [6.07, 6.45) is 17.0. The van der Waals surface area contributed by atoms with Crippen molar-refractivity contribution in [2.75, 3.05) is 6.61 Å². The van der Waals surface area contributed by atoms with Gasteiger partial charge in [-0.3, -0.25) is 9.59 Å². The van der Waals surface area contributed by atoms with Gasteiger partial charge in [-0.15, -0.1) is 0 Å². The number of unbranched alkanes of at least 4 members (excludes halogenated alkanes) is 12. The van der Waals surface area contributed by atoms with Gasteiger partial charge in [0.25, 0.3) is 0 Å². The van der Waals surface area contributed by atoms with Gasteiger partial charge in [0.15, 0.2) is 0 Å². The number of aliphatic carboxylic acids is 1. The summed E-state index contributed by atoms with van der Waals surface area (Å²) in [5.74, 6) is -0.868. The largest absolute Gasteiger partial charge is 0.481 e. The maximum atomic E-state index is 11.5. The Morgan fingerprint density at radius 3 is 1.67 bits per heavy atom. The van der Waals surface area contributed by atoms with Crippen LogP contribution in [0.4, 0.5) is 0 Å². The Balaban J connectivity index is 3.16. The minimum Gasteiger partial charge on any atom is -0.481 e. The Bertz CT molecular complexity index is 302. The molecular weight excluding hydrogens is 304 g/mol. The molecule has 0 aromatic rings. The third kappa shape index (κ3) is 19.0. The molecule has 4 heteroatoms. The average Bonchev–Trinajstić information content (AvgIpc) is 2.55. The molecule has 0 aliphatic carbocycles. The highest BCUT2D eigenvalue weighted by Crippen LogP contribution is 2.12. The lowest BCUT2D eigenvalue weighted by atomic mass is 10.1. The molecule has 24 heavy (non-hydrogen) atoms. The fourth-order valence-corrected chi connectivity index (χ4v) is 2.75. The molecule has 0 aliphatic rings. The predicted octanol–water partition coefficient (Wildman–Crippen LogP) is 5.88. The van der Waals surface area contributed by atoms with E-state index in [1.165, 1.54) is 57.8 Å². The van der Waals surface area contributed by atoms with Crippen LogP contribution in [-0.2, 0) is 14.3 Å². The number of ether oxygens (including phenoxy) is 1. The van der Waals surface area contributed by atoms with Crippen LogP contribution in [0.1, 0.15) is 110 Å². The lowest BCUT2D eigenvalue weighted by molar-refractivity contribution is -0.144. The number of carbonyl (C=O) groups excluding carboxylic acids is 1. The molecule has 4 nitrogen and oxygen atoms in total. The SMILES string of the molecule is CCCCCCCCCCCCCC(=O)OCCCCCC(=O)O. The number of hydrogen-bond donors (Lipinski definition) is 1. The van der Waals surface area contributed by atoms with Crippen LogP contribution in [-0.4, -0.2) is 23.7 Å². The van der Waals surface area contributed by atoms with Gasteiger partial charge in [0.2, 0.25) is 0 Å². The summed E-state index contributed by atoms with van der Waals surface area (Å²) in [6.45, 7) is 2.68. The van der Waals surface area contributed by atoms with Crippen LogP contribution in [0.15, 0.2) is 0 Å². The van der Waals surface area contributed by atoms with Crippen molar-refractivity contribution in [3.05, 3.63) is 0 Å². The normalized spacial score (nSPS) is 10.7. The van der Waals surface area contributed by atoms with E-state index in [0.717, 1.165) is 25.7 Å². The maximum Gasteiger partial charge on any atom is 0.305 e. The fourth-order valence-electron chi connectivity index (χ4n) is 2.75. The second-order valence-electron chi connectivity index (χ2n) is 6.71. The molecule has 0 aliphatic heterocycles. The number of esters is 1. The van der Waals surface area contributed by atoms with Crippen molar-refractivity contribution in [1.29, 1.82) is 0 Å². The Kier molecular flexibility index (Phi) is 17.5. The van der Waals surface area contributed by atoms with Gasteiger partial charge < -0.3 is 9.84 Å². The van der Waals surface area contributed by atoms with Gasteiger partial charge in [-0.1, -0.05) is 71.1 Å². The van der Waals surface area contributed by atoms with Crippen molar-refractivity contribution in [2.24, 2.45) is 0 Å². The molecule has 0 aromatic carbocycles. The monoisotopic (exact) mass is 342 g/mol. The Morgan fingerprint density at radius 2 is 1.12 bits per heavy atom. The number of rotatable bonds is 18. The van der Waals surface area contributed by atoms with E-state index in [9.17, 15) is 9.59 Å². The zero-order chi connectivity index (χ0) is 17.9. The molecule has 0 radical (unpaired) electrons. The first kappa shape index (κ1) is 22.9. The molecule has 0 saturated carbocycles. The Labute approximate surface area is 148 Å². The van der Waals surface area contributed by atoms with Crippen molar-refractivity contribution in [1.82, 2.24) is 0 Å². The molecule has 1 N–H and O–H groups in total. The van der Waals surface area contributed by atoms with Gasteiger partial charge >= 0.3 is 11.9 Å². The molecule has 0 unspecified atom stereocenters. The highest BCUT2D eigenvalue weighted by Gasteiger charge is 2.03. The molecule has 0 spiro atoms. The molecule has 0 rings (SSSR count). The quantitative estimate of drug-likeness (QED) is 0.250. The molecule has 0 atom stereocenters. The smallest absolute Gasteiger partial charge is 0.305 e. The topological polar surface area (TPSA) is 63.6 Å². The predicted molar refractivity (Wildman–Crippen MR) is 98.1 cm³/mol. The molecule has 0 amide bonds. The summed E-state index contributed by atoms with van der Waals surface area (Å²) in [6, 6.07) is 0. The zero-order valence-corrected chi connectivity index (χ0v) is 15.7. The lowest BCUT2D eigenvalue weighted by Crippen LogP contribution is -2.05. The van der Waals surface area contributed by atoms with Crippen molar-refractivity contribution >= 4 is 11.9 Å². The third-order valence-corrected chi connectivity index (χ3v) is 4.28. The van der Waals surface area contributed by atoms with Crippen LogP contribution in [0, 0.1) is 0 Å². The Morgan fingerprint density at radius 1 is 0.667 bits per heavy atom. The van der Waals surface area contributed by atoms with E-state index in [0.29, 0.717) is 19.4 Å². The minimum absolute atomic E-state index is 0.107. The summed E-state index contributed by atoms with van der Waals surface area (Å²) < 4.78 is 5.15. The number of hydrogen-bond acceptors (Lipinski definition) is 3. The van der Waals surface area contributed by atoms with E-state index in [4.69, 9.17) is 9.84 Å². The summed E-state index contributed by atoms with van der Waals surface area (Å²) in [4.78, 5) is 21.9. The third-order valence-electron chi connectivity index (χ3n) is 4.28. The summed E-state index contributed by atoms with van der Waals surface area (Å²) >= 11 is 0. The Hall–Kier alpha value is -1.06. The first-order valence-corrected chi connectivity index (χ1v) is 10.0. The first-order valence-electron chi connectivity index (χ1n) is 10.0. The second kappa shape index (κ2) is 18.3. The second-order valence-corrected chi connectivity index (χ2v) is 6.71. The van der Waals surface area contributed by atoms with Crippen LogP contribution in [0.5, 0.6) is 0 Å². The van der Waals surface area contributed by atoms with Crippen molar-refractivity contribution in [2.45, 2.75) is 110 Å². The number of carboxylic acid groups (broad SMARTS) is 1. The van der Waals surface area contributed by atoms with Crippen molar-refractivity contribution in [3.8, 4) is 0 Å². The van der Waals surface area contributed by atoms with Crippen molar-refractivity contribution < 1.29 is 19.4 Å². The fraction of sp³-hybridized carbons (Fsp3) is 0.900. The molecular formula is C20H38O4. The summed E-state index contributed by atoms with van der Waals surface area (Å²) in [5, 5.41) is 8.51. The highest BCUT2D eigenvalue weighted by molar-refractivity contribution is 5.69. The average molecular weight is 343 g/mol. The molecule has 142 valence electrons. The van der Waals surface area contributed by atoms with Crippen LogP contribution in [0.3, 0.4) is 0 Å². The van der Waals surface area contributed by atoms with Gasteiger partial charge in [-0.2, -0.15) is 0 Å². The van der Waals surface area contributed by atoms with Gasteiger partial charge in [-0.05, 0) is 25.7 Å². The molecule has 0 bridgehead atoms. The minimum atomic E-state index is -0.761. The molecule has 0 heterocycles. The van der Waals surface area contributed by atoms with E-state index in [-0.39, 0.29) is 12.4 Å². The molecule has 0 saturated heterocycles. The van der Waals surface area contributed by atoms with Crippen LogP contribution in [0.2, 0.25) is 0 Å². The van der Waals surface area contributed by atoms with Crippen LogP contribution < -0.4 is 0 Å². The van der Waals surface area contributed by atoms with Crippen LogP contribution >= 0.6 is 0 Å². The van der Waals surface area contributed by atoms with Gasteiger partial charge in [0, 0.05) is 12.8 Å². The summed E-state index contributed by atoms with van der Waals surface area (Å²) in [5.41, 5.74) is 0. The standard InChI is InChI=1S/C20H38O4/c1-2-3-4-5-6-7-8-9-10-11-14-17-20(23)24-18-15-12-13-16-19(21)22/h2-18H2,1H3,(H,21,22). The number of carboxylic acids is 1. The van der Waals surface area contributed by atoms with Crippen molar-refractivity contribution in [3.63, 3.8) is 0 Å². The van der Waals surface area contributed by atoms with Crippen LogP contribution in [0.25, 0.3) is 0 Å². The highest BCUT2D eigenvalue weighted by atomic mass is 16.5. The van der Waals surface area contributed by atoms with E-state index >= 15 is 0 Å². The van der Waals surface area contributed by atoms with Gasteiger partial charge in [0.1, 0.15) is 0 Å². The number of carbonyl (C=O) groups is 2. The first-order chi connectivity index (χ1) is 11.7. The summed E-state index contributed by atoms with van der Waals surface area (Å²) in [7, 11) is 0. The van der Waals surface area contributed by atoms with E-state index in [2.05, 4.69) is 6.92 Å².